The maximum absolute atomic E-state index is 14.4. The highest BCUT2D eigenvalue weighted by Crippen LogP contribution is 2.52. The van der Waals surface area contributed by atoms with Gasteiger partial charge in [-0.2, -0.15) is 0 Å². The first-order valence-electron chi connectivity index (χ1n) is 31.4. The summed E-state index contributed by atoms with van der Waals surface area (Å²) in [7, 11) is 1.25. The molecule has 1 aliphatic heterocycles. The van der Waals surface area contributed by atoms with Crippen LogP contribution in [0.15, 0.2) is 42.5 Å². The molecule has 1 heterocycles. The second-order valence-electron chi connectivity index (χ2n) is 24.6. The summed E-state index contributed by atoms with van der Waals surface area (Å²) in [5.41, 5.74) is 6.39. The summed E-state index contributed by atoms with van der Waals surface area (Å²) >= 11 is 0. The highest BCUT2D eigenvalue weighted by Gasteiger charge is 2.51. The summed E-state index contributed by atoms with van der Waals surface area (Å²) in [6.07, 6.45) is -8.24. The minimum absolute atomic E-state index is 0.0294. The number of amides is 9. The zero-order valence-corrected chi connectivity index (χ0v) is 54.3. The third-order valence-electron chi connectivity index (χ3n) is 16.8. The summed E-state index contributed by atoms with van der Waals surface area (Å²) < 4.78 is 17.6. The Morgan fingerprint density at radius 1 is 0.691 bits per heavy atom. The fourth-order valence-corrected chi connectivity index (χ4v) is 11.6. The SMILES string of the molecule is COc1cccc2c1C(=O)c1c(O)c3c(c(O)c1C2=O)C[C@@](O)(C(=O)CO)C[C@@H]3O[C@H]1C[C@H](NC(=O)[C@H](CC(C)C)NC(=O)[C@H](CO)NC(=O)[C@H](CCC(N)=O)NC(=O)[C@H](Cc2ccc(O)cc2)NC(=O)[C@H](CO)NC(=O)[C@H](C)NC(=O)[C@H](CCCCN)NC(C)=O)[C@H](O)[C@H](C)O1. The zero-order chi connectivity index (χ0) is 71.9. The molecule has 0 spiro atoms. The van der Waals surface area contributed by atoms with E-state index in [-0.39, 0.29) is 58.9 Å². The molecule has 2 aliphatic carbocycles. The molecular weight excluding hydrogens is 1280 g/mol. The number of phenols is 3. The Kier molecular flexibility index (Phi) is 27.0. The van der Waals surface area contributed by atoms with Crippen LogP contribution in [-0.2, 0) is 70.3 Å². The number of hydrogen-bond donors (Lipinski definition) is 18. The number of rotatable bonds is 33. The monoisotopic (exact) mass is 1360 g/mol. The van der Waals surface area contributed by atoms with Crippen molar-refractivity contribution in [2.75, 3.05) is 33.5 Å². The van der Waals surface area contributed by atoms with Crippen molar-refractivity contribution < 1.29 is 113 Å². The van der Waals surface area contributed by atoms with E-state index in [1.165, 1.54) is 70.3 Å². The fourth-order valence-electron chi connectivity index (χ4n) is 11.6. The molecule has 97 heavy (non-hydrogen) atoms. The number of methoxy groups -OCH3 is 1. The van der Waals surface area contributed by atoms with Gasteiger partial charge in [-0.3, -0.25) is 57.5 Å². The number of aliphatic hydroxyl groups excluding tert-OH is 4. The first-order valence-corrected chi connectivity index (χ1v) is 31.4. The number of aromatic hydroxyl groups is 3. The van der Waals surface area contributed by atoms with E-state index in [0.29, 0.717) is 24.9 Å². The minimum atomic E-state index is -2.52. The second-order valence-corrected chi connectivity index (χ2v) is 24.6. The first kappa shape index (κ1) is 76.8. The predicted octanol–water partition coefficient (Wildman–Crippen LogP) is -4.03. The lowest BCUT2D eigenvalue weighted by Crippen LogP contribution is -2.62. The quantitative estimate of drug-likeness (QED) is 0.0159. The normalized spacial score (nSPS) is 20.9. The van der Waals surface area contributed by atoms with Gasteiger partial charge in [0, 0.05) is 55.7 Å². The highest BCUT2D eigenvalue weighted by molar-refractivity contribution is 6.31. The summed E-state index contributed by atoms with van der Waals surface area (Å²) in [5.74, 6) is -14.0. The number of carbonyl (C=O) groups excluding carboxylic acids is 12. The van der Waals surface area contributed by atoms with Gasteiger partial charge in [-0.15, -0.1) is 0 Å². The van der Waals surface area contributed by atoms with Crippen molar-refractivity contribution in [1.29, 1.82) is 0 Å². The maximum Gasteiger partial charge on any atom is 0.245 e. The van der Waals surface area contributed by atoms with E-state index in [0.717, 1.165) is 0 Å². The van der Waals surface area contributed by atoms with Crippen molar-refractivity contribution in [3.63, 3.8) is 0 Å². The van der Waals surface area contributed by atoms with Crippen molar-refractivity contribution >= 4 is 70.5 Å². The van der Waals surface area contributed by atoms with Gasteiger partial charge in [0.1, 0.15) is 83.6 Å². The van der Waals surface area contributed by atoms with E-state index in [9.17, 15) is 98.4 Å². The van der Waals surface area contributed by atoms with Gasteiger partial charge in [0.15, 0.2) is 17.9 Å². The van der Waals surface area contributed by atoms with Crippen molar-refractivity contribution in [1.82, 2.24) is 42.5 Å². The van der Waals surface area contributed by atoms with Crippen LogP contribution in [0.4, 0.5) is 0 Å². The van der Waals surface area contributed by atoms with Crippen molar-refractivity contribution in [3.05, 3.63) is 81.4 Å². The van der Waals surface area contributed by atoms with Gasteiger partial charge < -0.3 is 109 Å². The van der Waals surface area contributed by atoms with Crippen LogP contribution < -0.4 is 58.7 Å². The summed E-state index contributed by atoms with van der Waals surface area (Å²) in [4.78, 5) is 163. The van der Waals surface area contributed by atoms with Gasteiger partial charge in [0.2, 0.25) is 58.9 Å². The molecule has 0 aromatic heterocycles. The van der Waals surface area contributed by atoms with Crippen molar-refractivity contribution in [2.45, 2.75) is 177 Å². The minimum Gasteiger partial charge on any atom is -0.508 e. The smallest absolute Gasteiger partial charge is 0.245 e. The number of hydrogen-bond acceptors (Lipinski definition) is 24. The van der Waals surface area contributed by atoms with Crippen molar-refractivity contribution in [3.8, 4) is 23.0 Å². The van der Waals surface area contributed by atoms with Crippen LogP contribution in [0.25, 0.3) is 0 Å². The number of carbonyl (C=O) groups is 12. The molecule has 13 atom stereocenters. The molecule has 530 valence electrons. The van der Waals surface area contributed by atoms with E-state index in [4.69, 9.17) is 25.7 Å². The number of fused-ring (bicyclic) bond motifs is 3. The molecule has 33 heteroatoms. The summed E-state index contributed by atoms with van der Waals surface area (Å²) in [6, 6.07) is -2.85. The lowest BCUT2D eigenvalue weighted by Gasteiger charge is -2.43. The van der Waals surface area contributed by atoms with Gasteiger partial charge in [0.25, 0.3) is 0 Å². The van der Waals surface area contributed by atoms with Gasteiger partial charge in [-0.25, -0.2) is 0 Å². The standard InChI is InChI=1S/C64H86N10O23/c1-28(2)20-39(60(90)70-38-22-47(96-30(4)52(38)82)97-44-24-64(94,45(80)27-77)23-35-49(44)56(86)51-50(54(35)84)53(83)34-10-9-12-43(95-6)48(34)55(51)85)71-63(93)42(26-76)74-59(89)37(17-18-46(66)81)69-61(91)40(21-32-13-15-33(79)16-14-32)72-62(92)41(25-75)73-57(87)29(3)67-58(88)36(68-31(5)78)11-7-8-19-65/h9-10,12-16,28-30,36-42,44,47,52,75-77,79,82,84,86,94H,7-8,11,17-27,65H2,1-6H3,(H2,66,81)(H,67,88)(H,68,78)(H,69,91)(H,70,90)(H,71,93)(H,72,92)(H,73,87)(H,74,89)/t29-,30-,36-,37-,38-,39-,40-,41-,42-,44-,47-,52+,64-/m0/s1. The number of phenolic OH excluding ortho intramolecular Hbond substituents is 3. The predicted molar refractivity (Wildman–Crippen MR) is 337 cm³/mol. The third-order valence-corrected chi connectivity index (χ3v) is 16.8. The number of unbranched alkanes of at least 4 members (excludes halogenated alkanes) is 1. The van der Waals surface area contributed by atoms with E-state index >= 15 is 0 Å². The van der Waals surface area contributed by atoms with Crippen LogP contribution in [0.1, 0.15) is 141 Å². The molecule has 0 saturated carbocycles. The first-order chi connectivity index (χ1) is 45.8. The molecule has 6 rings (SSSR count). The van der Waals surface area contributed by atoms with Crippen LogP contribution in [0.3, 0.4) is 0 Å². The van der Waals surface area contributed by atoms with Crippen molar-refractivity contribution in [2.24, 2.45) is 17.4 Å². The summed E-state index contributed by atoms with van der Waals surface area (Å²) in [6.45, 7) is 4.18. The Morgan fingerprint density at radius 2 is 1.26 bits per heavy atom. The molecule has 33 nitrogen and oxygen atoms in total. The molecule has 1 fully saturated rings. The van der Waals surface area contributed by atoms with E-state index in [1.807, 2.05) is 0 Å². The summed E-state index contributed by atoms with van der Waals surface area (Å²) in [5, 5.41) is 107. The molecule has 9 amide bonds. The zero-order valence-electron chi connectivity index (χ0n) is 54.3. The molecule has 20 N–H and O–H groups in total. The Balaban J connectivity index is 1.18. The van der Waals surface area contributed by atoms with E-state index < -0.39 is 224 Å². The molecule has 3 aromatic rings. The molecule has 3 aromatic carbocycles. The van der Waals surface area contributed by atoms with Crippen LogP contribution in [0.2, 0.25) is 0 Å². The van der Waals surface area contributed by atoms with Gasteiger partial charge >= 0.3 is 0 Å². The highest BCUT2D eigenvalue weighted by atomic mass is 16.7. The second kappa shape index (κ2) is 34.1. The van der Waals surface area contributed by atoms with Crippen LogP contribution in [0.5, 0.6) is 23.0 Å². The third kappa shape index (κ3) is 19.1. The average Bonchev–Trinajstić information content (AvgIpc) is 0.712. The number of Topliss-reactive ketones (excluding diaryl/α,β-unsaturated/α-hetero) is 1. The van der Waals surface area contributed by atoms with Crippen LogP contribution in [-0.4, -0.2) is 217 Å². The van der Waals surface area contributed by atoms with Crippen LogP contribution in [0, 0.1) is 5.92 Å². The molecule has 1 saturated heterocycles. The number of aliphatic hydroxyl groups is 5. The van der Waals surface area contributed by atoms with Gasteiger partial charge in [-0.1, -0.05) is 38.1 Å². The Labute approximate surface area is 556 Å². The number of ketones is 3. The average molecular weight is 1360 g/mol. The fraction of sp³-hybridized carbons (Fsp3) is 0.531. The Hall–Kier alpha value is -9.22. The van der Waals surface area contributed by atoms with Crippen LogP contribution >= 0.6 is 0 Å². The number of benzene rings is 3. The van der Waals surface area contributed by atoms with Gasteiger partial charge in [0.05, 0.1) is 55.3 Å². The number of nitrogens with one attached hydrogen (secondary N) is 8. The number of primary amides is 1. The molecule has 0 unspecified atom stereocenters. The van der Waals surface area contributed by atoms with Gasteiger partial charge in [-0.05, 0) is 82.2 Å². The number of ether oxygens (including phenoxy) is 3. The maximum atomic E-state index is 14.4. The lowest BCUT2D eigenvalue weighted by molar-refractivity contribution is -0.249. The largest absolute Gasteiger partial charge is 0.508 e. The Bertz CT molecular complexity index is 3460. The molecular formula is C64H86N10O23. The molecule has 3 aliphatic rings. The lowest BCUT2D eigenvalue weighted by atomic mass is 9.72. The molecule has 0 bridgehead atoms. The van der Waals surface area contributed by atoms with E-state index in [1.54, 1.807) is 13.8 Å². The topological polar surface area (TPSA) is 543 Å². The molecule has 0 radical (unpaired) electrons. The Morgan fingerprint density at radius 3 is 1.85 bits per heavy atom. The number of nitrogens with two attached hydrogens (primary N) is 2. The van der Waals surface area contributed by atoms with E-state index in [2.05, 4.69) is 42.5 Å².